The summed E-state index contributed by atoms with van der Waals surface area (Å²) in [4.78, 5) is 0. The molecule has 1 aliphatic carbocycles. The molecular weight excluding hydrogens is 284 g/mol. The van der Waals surface area contributed by atoms with Gasteiger partial charge in [0.05, 0.1) is 23.0 Å². The lowest BCUT2D eigenvalue weighted by Crippen LogP contribution is -2.42. The van der Waals surface area contributed by atoms with E-state index in [4.69, 9.17) is 17.4 Å². The van der Waals surface area contributed by atoms with Crippen molar-refractivity contribution in [2.24, 2.45) is 17.2 Å². The molecule has 2 rings (SSSR count). The van der Waals surface area contributed by atoms with E-state index in [1.165, 1.54) is 32.1 Å². The van der Waals surface area contributed by atoms with Crippen LogP contribution >= 0.6 is 11.6 Å². The summed E-state index contributed by atoms with van der Waals surface area (Å²) in [6.07, 6.45) is 8.97. The molecule has 1 fully saturated rings. The predicted octanol–water partition coefficient (Wildman–Crippen LogP) is 4.06. The summed E-state index contributed by atoms with van der Waals surface area (Å²) in [7, 11) is 0. The first-order valence-corrected chi connectivity index (χ1v) is 8.59. The summed E-state index contributed by atoms with van der Waals surface area (Å²) in [5, 5.41) is 5.18. The number of aromatic nitrogens is 2. The standard InChI is InChI=1S/C16H29ClN4/c1-4-9-21-14(13(17)11-19-21)15(20-18)16(10-12(2)3)7-5-6-8-16/h11-12,15,20H,4-10,18H2,1-3H3. The van der Waals surface area contributed by atoms with Crippen molar-refractivity contribution < 1.29 is 0 Å². The summed E-state index contributed by atoms with van der Waals surface area (Å²) in [5.41, 5.74) is 4.37. The van der Waals surface area contributed by atoms with E-state index < -0.39 is 0 Å². The van der Waals surface area contributed by atoms with Gasteiger partial charge in [-0.2, -0.15) is 5.10 Å². The van der Waals surface area contributed by atoms with Crippen LogP contribution in [0.4, 0.5) is 0 Å². The number of rotatable bonds is 7. The van der Waals surface area contributed by atoms with Crippen molar-refractivity contribution in [1.29, 1.82) is 0 Å². The fraction of sp³-hybridized carbons (Fsp3) is 0.812. The van der Waals surface area contributed by atoms with Crippen LogP contribution in [-0.2, 0) is 6.54 Å². The lowest BCUT2D eigenvalue weighted by atomic mass is 9.71. The Bertz CT molecular complexity index is 449. The van der Waals surface area contributed by atoms with Crippen molar-refractivity contribution in [3.05, 3.63) is 16.9 Å². The Balaban J connectivity index is 2.39. The molecule has 0 saturated heterocycles. The molecule has 0 amide bonds. The zero-order valence-corrected chi connectivity index (χ0v) is 14.3. The van der Waals surface area contributed by atoms with Gasteiger partial charge >= 0.3 is 0 Å². The molecule has 0 bridgehead atoms. The van der Waals surface area contributed by atoms with Crippen LogP contribution in [-0.4, -0.2) is 9.78 Å². The van der Waals surface area contributed by atoms with Crippen molar-refractivity contribution in [1.82, 2.24) is 15.2 Å². The molecule has 5 heteroatoms. The zero-order chi connectivity index (χ0) is 15.5. The van der Waals surface area contributed by atoms with Crippen LogP contribution in [0.2, 0.25) is 5.02 Å². The van der Waals surface area contributed by atoms with Crippen LogP contribution in [0.15, 0.2) is 6.20 Å². The first-order valence-electron chi connectivity index (χ1n) is 8.21. The molecule has 1 aromatic heterocycles. The van der Waals surface area contributed by atoms with Crippen molar-refractivity contribution >= 4 is 11.6 Å². The van der Waals surface area contributed by atoms with Gasteiger partial charge in [-0.15, -0.1) is 0 Å². The molecule has 1 heterocycles. The van der Waals surface area contributed by atoms with E-state index in [1.807, 2.05) is 4.68 Å². The maximum absolute atomic E-state index is 6.45. The Labute approximate surface area is 133 Å². The van der Waals surface area contributed by atoms with E-state index in [2.05, 4.69) is 31.3 Å². The molecule has 0 aromatic carbocycles. The lowest BCUT2D eigenvalue weighted by molar-refractivity contribution is 0.149. The normalized spacial score (nSPS) is 19.3. The average Bonchev–Trinajstić information content (AvgIpc) is 3.01. The largest absolute Gasteiger partial charge is 0.271 e. The minimum atomic E-state index is 0.0870. The lowest BCUT2D eigenvalue weighted by Gasteiger charge is -2.39. The van der Waals surface area contributed by atoms with Crippen LogP contribution in [0.5, 0.6) is 0 Å². The molecule has 0 spiro atoms. The summed E-state index contributed by atoms with van der Waals surface area (Å²) in [6.45, 7) is 7.62. The Kier molecular flexibility index (Phi) is 5.69. The number of nitrogens with two attached hydrogens (primary N) is 1. The minimum Gasteiger partial charge on any atom is -0.271 e. The van der Waals surface area contributed by atoms with Gasteiger partial charge in [-0.25, -0.2) is 0 Å². The molecule has 120 valence electrons. The molecule has 1 saturated carbocycles. The van der Waals surface area contributed by atoms with Gasteiger partial charge in [0.25, 0.3) is 0 Å². The highest BCUT2D eigenvalue weighted by molar-refractivity contribution is 6.31. The van der Waals surface area contributed by atoms with Gasteiger partial charge < -0.3 is 0 Å². The third-order valence-electron chi connectivity index (χ3n) is 4.74. The second-order valence-corrected chi connectivity index (χ2v) is 7.28. The van der Waals surface area contributed by atoms with E-state index in [0.29, 0.717) is 5.92 Å². The summed E-state index contributed by atoms with van der Waals surface area (Å²) < 4.78 is 2.03. The second kappa shape index (κ2) is 7.12. The van der Waals surface area contributed by atoms with Gasteiger partial charge in [-0.3, -0.25) is 16.0 Å². The Morgan fingerprint density at radius 2 is 2.10 bits per heavy atom. The molecule has 21 heavy (non-hydrogen) atoms. The van der Waals surface area contributed by atoms with Crippen molar-refractivity contribution in [2.75, 3.05) is 0 Å². The fourth-order valence-electron chi connectivity index (χ4n) is 4.10. The van der Waals surface area contributed by atoms with E-state index in [-0.39, 0.29) is 11.5 Å². The quantitative estimate of drug-likeness (QED) is 0.589. The Hall–Kier alpha value is -0.580. The smallest absolute Gasteiger partial charge is 0.0834 e. The molecule has 4 nitrogen and oxygen atoms in total. The van der Waals surface area contributed by atoms with Crippen LogP contribution in [0.3, 0.4) is 0 Å². The maximum Gasteiger partial charge on any atom is 0.0834 e. The number of aryl methyl sites for hydroxylation is 1. The first-order chi connectivity index (χ1) is 10.0. The minimum absolute atomic E-state index is 0.0870. The monoisotopic (exact) mass is 312 g/mol. The molecule has 0 aliphatic heterocycles. The molecule has 1 atom stereocenters. The van der Waals surface area contributed by atoms with E-state index in [9.17, 15) is 0 Å². The highest BCUT2D eigenvalue weighted by Gasteiger charge is 2.44. The Morgan fingerprint density at radius 1 is 1.43 bits per heavy atom. The van der Waals surface area contributed by atoms with E-state index in [0.717, 1.165) is 23.7 Å². The van der Waals surface area contributed by atoms with E-state index >= 15 is 0 Å². The average molecular weight is 313 g/mol. The van der Waals surface area contributed by atoms with Gasteiger partial charge in [-0.05, 0) is 37.0 Å². The number of halogens is 1. The summed E-state index contributed by atoms with van der Waals surface area (Å²) in [5.74, 6) is 6.64. The zero-order valence-electron chi connectivity index (χ0n) is 13.5. The van der Waals surface area contributed by atoms with Crippen molar-refractivity contribution in [3.8, 4) is 0 Å². The SMILES string of the molecule is CCCn1ncc(Cl)c1C(NN)C1(CC(C)C)CCCC1. The van der Waals surface area contributed by atoms with Gasteiger partial charge in [-0.1, -0.05) is 45.2 Å². The van der Waals surface area contributed by atoms with Crippen LogP contribution in [0.25, 0.3) is 0 Å². The van der Waals surface area contributed by atoms with Gasteiger partial charge in [0.15, 0.2) is 0 Å². The highest BCUT2D eigenvalue weighted by atomic mass is 35.5. The van der Waals surface area contributed by atoms with Crippen LogP contribution < -0.4 is 11.3 Å². The highest BCUT2D eigenvalue weighted by Crippen LogP contribution is 2.52. The third kappa shape index (κ3) is 3.43. The molecule has 1 unspecified atom stereocenters. The molecule has 1 aliphatic rings. The van der Waals surface area contributed by atoms with E-state index in [1.54, 1.807) is 6.20 Å². The predicted molar refractivity (Wildman–Crippen MR) is 87.9 cm³/mol. The van der Waals surface area contributed by atoms with Crippen molar-refractivity contribution in [2.45, 2.75) is 71.9 Å². The molecule has 0 radical (unpaired) electrons. The van der Waals surface area contributed by atoms with Crippen molar-refractivity contribution in [3.63, 3.8) is 0 Å². The maximum atomic E-state index is 6.45. The number of nitrogens with zero attached hydrogens (tertiary/aromatic N) is 2. The molecular formula is C16H29ClN4. The number of hydrazine groups is 1. The topological polar surface area (TPSA) is 55.9 Å². The van der Waals surface area contributed by atoms with Gasteiger partial charge in [0.2, 0.25) is 0 Å². The number of hydrogen-bond acceptors (Lipinski definition) is 3. The summed E-state index contributed by atoms with van der Waals surface area (Å²) in [6, 6.07) is 0.0870. The molecule has 1 aromatic rings. The van der Waals surface area contributed by atoms with Crippen LogP contribution in [0.1, 0.15) is 71.0 Å². The Morgan fingerprint density at radius 3 is 2.62 bits per heavy atom. The fourth-order valence-corrected chi connectivity index (χ4v) is 4.35. The van der Waals surface area contributed by atoms with Crippen LogP contribution in [0, 0.1) is 11.3 Å². The molecule has 3 N–H and O–H groups in total. The first kappa shape index (κ1) is 16.8. The number of hydrogen-bond donors (Lipinski definition) is 2. The van der Waals surface area contributed by atoms with Gasteiger partial charge in [0, 0.05) is 6.54 Å². The number of nitrogens with one attached hydrogen (secondary N) is 1. The third-order valence-corrected chi connectivity index (χ3v) is 5.03. The second-order valence-electron chi connectivity index (χ2n) is 6.87. The van der Waals surface area contributed by atoms with Gasteiger partial charge in [0.1, 0.15) is 0 Å². The summed E-state index contributed by atoms with van der Waals surface area (Å²) >= 11 is 6.45.